The van der Waals surface area contributed by atoms with Crippen LogP contribution in [-0.4, -0.2) is 19.9 Å². The summed E-state index contributed by atoms with van der Waals surface area (Å²) in [5.41, 5.74) is 1.03. The van der Waals surface area contributed by atoms with E-state index in [0.717, 1.165) is 23.4 Å². The first-order valence-corrected chi connectivity index (χ1v) is 7.80. The quantitative estimate of drug-likeness (QED) is 0.875. The standard InChI is InChI=1S/C14H15FN2O3S/c1-10-8-12(15)3-2-11(10)4-7-17-21(19,20)14-9-16-6-5-13(14)18/h2-3,5-6,8-9,17H,4,7H2,1H3,(H,16,18). The number of pyridine rings is 1. The monoisotopic (exact) mass is 310 g/mol. The van der Waals surface area contributed by atoms with Gasteiger partial charge >= 0.3 is 0 Å². The molecule has 21 heavy (non-hydrogen) atoms. The third-order valence-corrected chi connectivity index (χ3v) is 4.55. The molecule has 7 heteroatoms. The van der Waals surface area contributed by atoms with Crippen LogP contribution in [0.2, 0.25) is 0 Å². The minimum atomic E-state index is -3.85. The molecule has 1 aromatic heterocycles. The molecule has 1 aromatic carbocycles. The molecule has 0 saturated heterocycles. The highest BCUT2D eigenvalue weighted by Crippen LogP contribution is 2.10. The van der Waals surface area contributed by atoms with Crippen LogP contribution in [0.4, 0.5) is 4.39 Å². The molecule has 2 N–H and O–H groups in total. The Morgan fingerprint density at radius 2 is 2.05 bits per heavy atom. The lowest BCUT2D eigenvalue weighted by atomic mass is 10.1. The molecule has 2 aromatic rings. The Morgan fingerprint density at radius 3 is 2.71 bits per heavy atom. The predicted octanol–water partition coefficient (Wildman–Crippen LogP) is 1.34. The van der Waals surface area contributed by atoms with E-state index in [9.17, 15) is 17.6 Å². The Balaban J connectivity index is 2.06. The van der Waals surface area contributed by atoms with E-state index in [1.807, 2.05) is 0 Å². The van der Waals surface area contributed by atoms with Crippen LogP contribution in [-0.2, 0) is 16.4 Å². The molecular formula is C14H15FN2O3S. The van der Waals surface area contributed by atoms with Gasteiger partial charge < -0.3 is 4.98 Å². The number of sulfonamides is 1. The normalized spacial score (nSPS) is 11.5. The van der Waals surface area contributed by atoms with Crippen molar-refractivity contribution in [3.05, 3.63) is 63.8 Å². The van der Waals surface area contributed by atoms with Gasteiger partial charge in [-0.3, -0.25) is 4.79 Å². The zero-order valence-corrected chi connectivity index (χ0v) is 12.2. The maximum atomic E-state index is 13.0. The lowest BCUT2D eigenvalue weighted by Gasteiger charge is -2.08. The Morgan fingerprint density at radius 1 is 1.29 bits per heavy atom. The van der Waals surface area contributed by atoms with Crippen molar-refractivity contribution in [1.82, 2.24) is 9.71 Å². The van der Waals surface area contributed by atoms with Gasteiger partial charge in [0.25, 0.3) is 0 Å². The Kier molecular flexibility index (Phi) is 4.54. The van der Waals surface area contributed by atoms with Crippen LogP contribution in [0.25, 0.3) is 0 Å². The van der Waals surface area contributed by atoms with Gasteiger partial charge in [-0.25, -0.2) is 17.5 Å². The number of benzene rings is 1. The molecule has 112 valence electrons. The smallest absolute Gasteiger partial charge is 0.245 e. The average molecular weight is 310 g/mol. The molecular weight excluding hydrogens is 295 g/mol. The fourth-order valence-electron chi connectivity index (χ4n) is 1.95. The summed E-state index contributed by atoms with van der Waals surface area (Å²) in [5.74, 6) is -0.326. The number of hydrogen-bond acceptors (Lipinski definition) is 3. The number of aromatic nitrogens is 1. The second kappa shape index (κ2) is 6.19. The third-order valence-electron chi connectivity index (χ3n) is 3.07. The van der Waals surface area contributed by atoms with Crippen LogP contribution in [0.5, 0.6) is 0 Å². The van der Waals surface area contributed by atoms with E-state index >= 15 is 0 Å². The van der Waals surface area contributed by atoms with Crippen LogP contribution in [0, 0.1) is 12.7 Å². The van der Waals surface area contributed by atoms with Gasteiger partial charge in [-0.15, -0.1) is 0 Å². The minimum absolute atomic E-state index is 0.128. The number of hydrogen-bond donors (Lipinski definition) is 2. The Bertz CT molecular complexity index is 800. The molecule has 0 unspecified atom stereocenters. The number of aromatic amines is 1. The molecule has 0 spiro atoms. The van der Waals surface area contributed by atoms with E-state index in [2.05, 4.69) is 9.71 Å². The fraction of sp³-hybridized carbons (Fsp3) is 0.214. The van der Waals surface area contributed by atoms with E-state index < -0.39 is 15.5 Å². The zero-order chi connectivity index (χ0) is 15.5. The van der Waals surface area contributed by atoms with Gasteiger partial charge in [-0.2, -0.15) is 0 Å². The van der Waals surface area contributed by atoms with Crippen molar-refractivity contribution in [2.45, 2.75) is 18.2 Å². The van der Waals surface area contributed by atoms with Crippen LogP contribution in [0.15, 0.2) is 46.3 Å². The second-order valence-corrected chi connectivity index (χ2v) is 6.33. The van der Waals surface area contributed by atoms with Gasteiger partial charge in [-0.1, -0.05) is 6.07 Å². The van der Waals surface area contributed by atoms with Crippen LogP contribution >= 0.6 is 0 Å². The summed E-state index contributed by atoms with van der Waals surface area (Å²) in [6.07, 6.45) is 2.92. The molecule has 0 aliphatic carbocycles. The molecule has 0 radical (unpaired) electrons. The lowest BCUT2D eigenvalue weighted by molar-refractivity contribution is 0.580. The highest BCUT2D eigenvalue weighted by Gasteiger charge is 2.16. The molecule has 0 aliphatic heterocycles. The molecule has 1 heterocycles. The molecule has 0 fully saturated rings. The number of aryl methyl sites for hydroxylation is 1. The van der Waals surface area contributed by atoms with Crippen LogP contribution in [0.1, 0.15) is 11.1 Å². The van der Waals surface area contributed by atoms with E-state index in [-0.39, 0.29) is 17.3 Å². The molecule has 5 nitrogen and oxygen atoms in total. The van der Waals surface area contributed by atoms with Gasteiger partial charge in [0.2, 0.25) is 15.5 Å². The minimum Gasteiger partial charge on any atom is -0.366 e. The molecule has 0 amide bonds. The zero-order valence-electron chi connectivity index (χ0n) is 11.4. The van der Waals surface area contributed by atoms with Gasteiger partial charge in [0.1, 0.15) is 10.7 Å². The van der Waals surface area contributed by atoms with Gasteiger partial charge in [0.15, 0.2) is 0 Å². The van der Waals surface area contributed by atoms with Crippen molar-refractivity contribution in [3.8, 4) is 0 Å². The van der Waals surface area contributed by atoms with E-state index in [1.165, 1.54) is 18.3 Å². The summed E-state index contributed by atoms with van der Waals surface area (Å²) in [5, 5.41) is 0. The summed E-state index contributed by atoms with van der Waals surface area (Å²) >= 11 is 0. The second-order valence-electron chi connectivity index (χ2n) is 4.59. The van der Waals surface area contributed by atoms with E-state index in [1.54, 1.807) is 13.0 Å². The SMILES string of the molecule is Cc1cc(F)ccc1CCNS(=O)(=O)c1c[nH]ccc1=O. The molecule has 0 bridgehead atoms. The lowest BCUT2D eigenvalue weighted by Crippen LogP contribution is -2.30. The predicted molar refractivity (Wildman–Crippen MR) is 77.1 cm³/mol. The summed E-state index contributed by atoms with van der Waals surface area (Å²) in [6, 6.07) is 5.50. The summed E-state index contributed by atoms with van der Waals surface area (Å²) in [4.78, 5) is 13.8. The molecule has 0 saturated carbocycles. The molecule has 2 rings (SSSR count). The summed E-state index contributed by atoms with van der Waals surface area (Å²) < 4.78 is 39.3. The maximum absolute atomic E-state index is 13.0. The molecule has 0 atom stereocenters. The highest BCUT2D eigenvalue weighted by atomic mass is 32.2. The first-order chi connectivity index (χ1) is 9.90. The van der Waals surface area contributed by atoms with Crippen molar-refractivity contribution in [1.29, 1.82) is 0 Å². The number of nitrogens with one attached hydrogen (secondary N) is 2. The van der Waals surface area contributed by atoms with Crippen LogP contribution < -0.4 is 10.2 Å². The van der Waals surface area contributed by atoms with Gasteiger partial charge in [0, 0.05) is 25.0 Å². The van der Waals surface area contributed by atoms with Crippen molar-refractivity contribution in [3.63, 3.8) is 0 Å². The van der Waals surface area contributed by atoms with Crippen LogP contribution in [0.3, 0.4) is 0 Å². The van der Waals surface area contributed by atoms with Crippen molar-refractivity contribution in [2.75, 3.05) is 6.54 Å². The fourth-order valence-corrected chi connectivity index (χ4v) is 3.03. The topological polar surface area (TPSA) is 79.0 Å². The summed E-state index contributed by atoms with van der Waals surface area (Å²) in [6.45, 7) is 1.89. The Hall–Kier alpha value is -1.99. The number of H-pyrrole nitrogens is 1. The first-order valence-electron chi connectivity index (χ1n) is 6.32. The van der Waals surface area contributed by atoms with E-state index in [0.29, 0.717) is 6.42 Å². The summed E-state index contributed by atoms with van der Waals surface area (Å²) in [7, 11) is -3.85. The molecule has 0 aliphatic rings. The first kappa shape index (κ1) is 15.4. The van der Waals surface area contributed by atoms with Crippen molar-refractivity contribution < 1.29 is 12.8 Å². The largest absolute Gasteiger partial charge is 0.366 e. The Labute approximate surface area is 121 Å². The average Bonchev–Trinajstić information content (AvgIpc) is 2.41. The highest BCUT2D eigenvalue weighted by molar-refractivity contribution is 7.89. The van der Waals surface area contributed by atoms with E-state index in [4.69, 9.17) is 0 Å². The van der Waals surface area contributed by atoms with Crippen molar-refractivity contribution in [2.24, 2.45) is 0 Å². The van der Waals surface area contributed by atoms with Gasteiger partial charge in [-0.05, 0) is 36.6 Å². The number of rotatable bonds is 5. The maximum Gasteiger partial charge on any atom is 0.245 e. The van der Waals surface area contributed by atoms with Crippen molar-refractivity contribution >= 4 is 10.0 Å². The number of halogens is 1. The van der Waals surface area contributed by atoms with Gasteiger partial charge in [0.05, 0.1) is 0 Å². The third kappa shape index (κ3) is 3.77.